The summed E-state index contributed by atoms with van der Waals surface area (Å²) in [5.41, 5.74) is -0.482. The Morgan fingerprint density at radius 1 is 1.15 bits per heavy atom. The zero-order valence-corrected chi connectivity index (χ0v) is 16.3. The van der Waals surface area contributed by atoms with Crippen LogP contribution in [-0.4, -0.2) is 50.7 Å². The first-order chi connectivity index (χ1) is 12.9. The zero-order valence-electron chi connectivity index (χ0n) is 15.5. The highest BCUT2D eigenvalue weighted by Gasteiger charge is 2.24. The summed E-state index contributed by atoms with van der Waals surface area (Å²) in [6, 6.07) is 0. The number of aryl methyl sites for hydroxylation is 1. The van der Waals surface area contributed by atoms with E-state index in [0.717, 1.165) is 30.3 Å². The van der Waals surface area contributed by atoms with Crippen molar-refractivity contribution in [3.63, 3.8) is 0 Å². The molecule has 0 atom stereocenters. The number of aliphatic hydroxyl groups is 1. The summed E-state index contributed by atoms with van der Waals surface area (Å²) in [6.07, 6.45) is 4.78. The van der Waals surface area contributed by atoms with Gasteiger partial charge in [0.1, 0.15) is 11.3 Å². The van der Waals surface area contributed by atoms with Gasteiger partial charge in [0.05, 0.1) is 18.1 Å². The molecule has 0 aromatic carbocycles. The summed E-state index contributed by atoms with van der Waals surface area (Å²) in [4.78, 5) is 33.2. The molecule has 0 spiro atoms. The highest BCUT2D eigenvalue weighted by atomic mass is 32.2. The molecule has 27 heavy (non-hydrogen) atoms. The normalized spacial score (nSPS) is 15.8. The SMILES string of the molecule is CCCn1c(=O)c2[nH]c(C3CCCC3)nc2n(CCS(=O)(=O)CCO)c1=O. The van der Waals surface area contributed by atoms with Crippen LogP contribution in [0, 0.1) is 0 Å². The van der Waals surface area contributed by atoms with Crippen molar-refractivity contribution in [1.29, 1.82) is 0 Å². The molecule has 0 radical (unpaired) electrons. The first kappa shape index (κ1) is 19.8. The second-order valence-electron chi connectivity index (χ2n) is 7.07. The van der Waals surface area contributed by atoms with E-state index in [1.165, 1.54) is 4.57 Å². The lowest BCUT2D eigenvalue weighted by Crippen LogP contribution is -2.41. The molecule has 3 rings (SSSR count). The number of aromatic amines is 1. The predicted octanol–water partition coefficient (Wildman–Crippen LogP) is 0.361. The van der Waals surface area contributed by atoms with E-state index in [0.29, 0.717) is 12.2 Å². The Morgan fingerprint density at radius 3 is 2.48 bits per heavy atom. The number of nitrogens with one attached hydrogen (secondary N) is 1. The van der Waals surface area contributed by atoms with Gasteiger partial charge in [0.2, 0.25) is 0 Å². The van der Waals surface area contributed by atoms with E-state index in [4.69, 9.17) is 5.11 Å². The smallest absolute Gasteiger partial charge is 0.332 e. The quantitative estimate of drug-likeness (QED) is 0.661. The number of hydrogen-bond donors (Lipinski definition) is 2. The molecule has 0 saturated heterocycles. The van der Waals surface area contributed by atoms with Crippen LogP contribution in [0.15, 0.2) is 9.59 Å². The second kappa shape index (κ2) is 7.97. The highest BCUT2D eigenvalue weighted by molar-refractivity contribution is 7.91. The monoisotopic (exact) mass is 398 g/mol. The van der Waals surface area contributed by atoms with Crippen LogP contribution in [-0.2, 0) is 22.9 Å². The van der Waals surface area contributed by atoms with Gasteiger partial charge in [0.25, 0.3) is 5.56 Å². The lowest BCUT2D eigenvalue weighted by molar-refractivity contribution is 0.319. The molecule has 1 aliphatic rings. The van der Waals surface area contributed by atoms with Gasteiger partial charge in [-0.15, -0.1) is 0 Å². The number of sulfone groups is 1. The molecule has 9 nitrogen and oxygen atoms in total. The number of fused-ring (bicyclic) bond motifs is 1. The Bertz CT molecular complexity index is 1030. The van der Waals surface area contributed by atoms with E-state index in [9.17, 15) is 18.0 Å². The van der Waals surface area contributed by atoms with E-state index in [-0.39, 0.29) is 41.7 Å². The molecule has 10 heteroatoms. The van der Waals surface area contributed by atoms with Crippen molar-refractivity contribution in [2.24, 2.45) is 0 Å². The number of aromatic nitrogens is 4. The molecular weight excluding hydrogens is 372 g/mol. The van der Waals surface area contributed by atoms with Crippen LogP contribution in [0.5, 0.6) is 0 Å². The lowest BCUT2D eigenvalue weighted by atomic mass is 10.1. The molecular formula is C17H26N4O5S. The fourth-order valence-electron chi connectivity index (χ4n) is 3.67. The van der Waals surface area contributed by atoms with Crippen molar-refractivity contribution in [2.45, 2.75) is 58.0 Å². The van der Waals surface area contributed by atoms with Gasteiger partial charge in [-0.3, -0.25) is 13.9 Å². The maximum Gasteiger partial charge on any atom is 0.332 e. The van der Waals surface area contributed by atoms with Gasteiger partial charge in [0, 0.05) is 19.0 Å². The first-order valence-corrected chi connectivity index (χ1v) is 11.2. The van der Waals surface area contributed by atoms with Crippen LogP contribution >= 0.6 is 0 Å². The highest BCUT2D eigenvalue weighted by Crippen LogP contribution is 2.32. The minimum atomic E-state index is -3.49. The molecule has 1 saturated carbocycles. The molecule has 0 aliphatic heterocycles. The van der Waals surface area contributed by atoms with Gasteiger partial charge in [-0.2, -0.15) is 0 Å². The number of nitrogens with zero attached hydrogens (tertiary/aromatic N) is 3. The molecule has 1 aliphatic carbocycles. The average molecular weight is 398 g/mol. The third-order valence-corrected chi connectivity index (χ3v) is 6.71. The van der Waals surface area contributed by atoms with Gasteiger partial charge < -0.3 is 10.1 Å². The van der Waals surface area contributed by atoms with Crippen molar-refractivity contribution in [1.82, 2.24) is 19.1 Å². The number of imidazole rings is 1. The van der Waals surface area contributed by atoms with Gasteiger partial charge in [0.15, 0.2) is 15.5 Å². The molecule has 2 aromatic heterocycles. The second-order valence-corrected chi connectivity index (χ2v) is 9.37. The van der Waals surface area contributed by atoms with Crippen LogP contribution in [0.2, 0.25) is 0 Å². The van der Waals surface area contributed by atoms with Crippen LogP contribution in [0.25, 0.3) is 11.2 Å². The Labute approximate surface area is 157 Å². The van der Waals surface area contributed by atoms with Crippen LogP contribution in [0.4, 0.5) is 0 Å². The maximum atomic E-state index is 12.8. The molecule has 2 aromatic rings. The lowest BCUT2D eigenvalue weighted by Gasteiger charge is -2.10. The number of hydrogen-bond acceptors (Lipinski definition) is 6. The molecule has 1 fully saturated rings. The van der Waals surface area contributed by atoms with Crippen molar-refractivity contribution < 1.29 is 13.5 Å². The standard InChI is InChI=1S/C17H26N4O5S/c1-2-7-21-16(23)13-15(19-14(18-13)12-5-3-4-6-12)20(17(21)24)8-10-27(25,26)11-9-22/h12,22H,2-11H2,1H3,(H,18,19). The summed E-state index contributed by atoms with van der Waals surface area (Å²) in [5.74, 6) is 0.282. The van der Waals surface area contributed by atoms with Crippen molar-refractivity contribution in [2.75, 3.05) is 18.1 Å². The van der Waals surface area contributed by atoms with Crippen molar-refractivity contribution >= 4 is 21.0 Å². The third-order valence-electron chi connectivity index (χ3n) is 5.10. The summed E-state index contributed by atoms with van der Waals surface area (Å²) in [7, 11) is -3.49. The minimum absolute atomic E-state index is 0.101. The summed E-state index contributed by atoms with van der Waals surface area (Å²) in [5, 5.41) is 8.89. The van der Waals surface area contributed by atoms with Crippen LogP contribution in [0.3, 0.4) is 0 Å². The number of aliphatic hydroxyl groups excluding tert-OH is 1. The fraction of sp³-hybridized carbons (Fsp3) is 0.706. The molecule has 2 N–H and O–H groups in total. The van der Waals surface area contributed by atoms with Crippen molar-refractivity contribution in [3.05, 3.63) is 26.7 Å². The summed E-state index contributed by atoms with van der Waals surface area (Å²) < 4.78 is 26.4. The topological polar surface area (TPSA) is 127 Å². The van der Waals surface area contributed by atoms with Gasteiger partial charge >= 0.3 is 5.69 Å². The minimum Gasteiger partial charge on any atom is -0.395 e. The van der Waals surface area contributed by atoms with Crippen LogP contribution in [0.1, 0.15) is 50.8 Å². The predicted molar refractivity (Wildman–Crippen MR) is 102 cm³/mol. The van der Waals surface area contributed by atoms with E-state index in [2.05, 4.69) is 9.97 Å². The summed E-state index contributed by atoms with van der Waals surface area (Å²) in [6.45, 7) is 1.56. The zero-order chi connectivity index (χ0) is 19.6. The third kappa shape index (κ3) is 4.01. The maximum absolute atomic E-state index is 12.8. The molecule has 0 unspecified atom stereocenters. The van der Waals surface area contributed by atoms with Gasteiger partial charge in [-0.1, -0.05) is 19.8 Å². The molecule has 0 bridgehead atoms. The number of H-pyrrole nitrogens is 1. The van der Waals surface area contributed by atoms with Crippen molar-refractivity contribution in [3.8, 4) is 0 Å². The van der Waals surface area contributed by atoms with E-state index in [1.807, 2.05) is 6.92 Å². The molecule has 0 amide bonds. The Hall–Kier alpha value is -1.94. The fourth-order valence-corrected chi connectivity index (χ4v) is 4.61. The Kier molecular flexibility index (Phi) is 5.85. The van der Waals surface area contributed by atoms with E-state index >= 15 is 0 Å². The first-order valence-electron chi connectivity index (χ1n) is 9.42. The largest absolute Gasteiger partial charge is 0.395 e. The Balaban J connectivity index is 2.11. The molecule has 2 heterocycles. The summed E-state index contributed by atoms with van der Waals surface area (Å²) >= 11 is 0. The van der Waals surface area contributed by atoms with Gasteiger partial charge in [-0.25, -0.2) is 18.2 Å². The molecule has 150 valence electrons. The average Bonchev–Trinajstić information content (AvgIpc) is 3.27. The van der Waals surface area contributed by atoms with E-state index in [1.54, 1.807) is 0 Å². The van der Waals surface area contributed by atoms with Crippen LogP contribution < -0.4 is 11.2 Å². The van der Waals surface area contributed by atoms with E-state index < -0.39 is 27.7 Å². The Morgan fingerprint density at radius 2 is 1.85 bits per heavy atom. The van der Waals surface area contributed by atoms with Gasteiger partial charge in [-0.05, 0) is 19.3 Å². The number of rotatable bonds is 8.